The number of aliphatic imine (C=N–C) groups is 4. The predicted octanol–water partition coefficient (Wildman–Crippen LogP) is -16.6. The number of hydrogen-bond acceptors (Lipinski definition) is 32. The third-order valence-corrected chi connectivity index (χ3v) is 15.4. The van der Waals surface area contributed by atoms with Crippen molar-refractivity contribution in [3.8, 4) is 0 Å². The Morgan fingerprint density at radius 1 is 0.440 bits per heavy atom. The average molecular weight is 1220 g/mol. The second-order valence-corrected chi connectivity index (χ2v) is 20.9. The minimum atomic E-state index is -2.36. The van der Waals surface area contributed by atoms with Crippen LogP contribution in [0.1, 0.15) is 13.8 Å². The van der Waals surface area contributed by atoms with Crippen LogP contribution in [0, 0.1) is 0 Å². The molecule has 0 aromatic rings. The van der Waals surface area contributed by atoms with E-state index in [1.165, 1.54) is 27.9 Å². The van der Waals surface area contributed by atoms with Gasteiger partial charge in [0.1, 0.15) is 122 Å². The molecule has 0 radical (unpaired) electrons. The van der Waals surface area contributed by atoms with Gasteiger partial charge in [-0.3, -0.25) is 0 Å². The van der Waals surface area contributed by atoms with Crippen molar-refractivity contribution in [3.63, 3.8) is 0 Å². The summed E-state index contributed by atoms with van der Waals surface area (Å²) in [5.41, 5.74) is 45.4. The summed E-state index contributed by atoms with van der Waals surface area (Å²) in [4.78, 5) is 15.6. The number of nitrogens with two attached hydrogens (primary N) is 8. The highest BCUT2D eigenvalue weighted by Gasteiger charge is 2.63. The maximum absolute atomic E-state index is 12.4. The molecule has 6 fully saturated rings. The zero-order valence-corrected chi connectivity index (χ0v) is 46.0. The minimum absolute atomic E-state index is 0.114. The molecule has 482 valence electrons. The van der Waals surface area contributed by atoms with E-state index in [2.05, 4.69) is 51.7 Å². The van der Waals surface area contributed by atoms with E-state index in [-0.39, 0.29) is 13.1 Å². The highest BCUT2D eigenvalue weighted by atomic mass is 16.8. The summed E-state index contributed by atoms with van der Waals surface area (Å²) in [5, 5.41) is 170. The normalized spacial score (nSPS) is 46.2. The first kappa shape index (κ1) is 68.2. The second-order valence-electron chi connectivity index (χ2n) is 20.9. The Morgan fingerprint density at radius 2 is 0.762 bits per heavy atom. The number of guanidine groups is 4. The van der Waals surface area contributed by atoms with E-state index in [1.807, 2.05) is 0 Å². The van der Waals surface area contributed by atoms with Gasteiger partial charge in [-0.25, -0.2) is 20.0 Å². The smallest absolute Gasteiger partial charge is 0.188 e. The highest BCUT2D eigenvalue weighted by Crippen LogP contribution is 2.41. The van der Waals surface area contributed by atoms with Gasteiger partial charge >= 0.3 is 0 Å². The zero-order chi connectivity index (χ0) is 62.4. The minimum Gasteiger partial charge on any atom is -0.394 e. The molecular formula is C44H84N18O22. The van der Waals surface area contributed by atoms with Gasteiger partial charge in [-0.2, -0.15) is 10.2 Å². The lowest BCUT2D eigenvalue weighted by Crippen LogP contribution is -2.66. The molecule has 40 nitrogen and oxygen atoms in total. The van der Waals surface area contributed by atoms with Crippen LogP contribution in [0.2, 0.25) is 0 Å². The van der Waals surface area contributed by atoms with Crippen molar-refractivity contribution in [1.82, 2.24) is 21.5 Å². The first-order chi connectivity index (χ1) is 39.5. The van der Waals surface area contributed by atoms with E-state index in [1.54, 1.807) is 0 Å². The molecule has 30 atom stereocenters. The lowest BCUT2D eigenvalue weighted by Gasteiger charge is -2.45. The van der Waals surface area contributed by atoms with Crippen LogP contribution in [-0.2, 0) is 37.9 Å². The standard InChI is InChI=1S/C44H84N18O22/c1-11-43(75,33(83-35-19(53-3)27(71)21(65)13(7-63)79-35)37(77-11)81-31-17(61-41(49)50)23(67)15(59-39(45)46)25(69)29(31)73)9-57-55-5-6-56-58-10-44(76)12(2)78-38(34(44)84-36-20(54-4)28(72)22(66)14(8-64)80-36)82-32-18(62-42(51)52)24(68)16(60-40(47)48)26(70)30(32)74/h9-38,53-56,63-76H,5-8H2,1-4H3,(H4,45,46,59)(H4,47,48,60)(H4,49,50,61)(H4,51,52,62). The molecule has 4 aliphatic heterocycles. The number of rotatable bonds is 23. The Balaban J connectivity index is 1.23. The van der Waals surface area contributed by atoms with Crippen LogP contribution >= 0.6 is 0 Å². The summed E-state index contributed by atoms with van der Waals surface area (Å²) in [6, 6.07) is -8.84. The van der Waals surface area contributed by atoms with Crippen molar-refractivity contribution in [3.05, 3.63) is 0 Å². The number of ether oxygens (including phenoxy) is 8. The van der Waals surface area contributed by atoms with Crippen molar-refractivity contribution >= 4 is 36.3 Å². The Morgan fingerprint density at radius 3 is 1.06 bits per heavy atom. The third-order valence-electron chi connectivity index (χ3n) is 15.4. The average Bonchev–Trinajstić information content (AvgIpc) is 2.35. The number of aliphatic hydroxyl groups excluding tert-OH is 12. The van der Waals surface area contributed by atoms with Crippen LogP contribution in [0.4, 0.5) is 0 Å². The van der Waals surface area contributed by atoms with Gasteiger partial charge in [-0.15, -0.1) is 0 Å². The quantitative estimate of drug-likeness (QED) is 0.0195. The lowest BCUT2D eigenvalue weighted by molar-refractivity contribution is -0.313. The molecule has 4 saturated heterocycles. The predicted molar refractivity (Wildman–Crippen MR) is 287 cm³/mol. The maximum Gasteiger partial charge on any atom is 0.188 e. The van der Waals surface area contributed by atoms with Crippen molar-refractivity contribution < 1.29 is 109 Å². The van der Waals surface area contributed by atoms with Crippen LogP contribution in [0.3, 0.4) is 0 Å². The second kappa shape index (κ2) is 28.7. The van der Waals surface area contributed by atoms with Crippen molar-refractivity contribution in [2.75, 3.05) is 40.4 Å². The van der Waals surface area contributed by atoms with Gasteiger partial charge in [-0.1, -0.05) is 0 Å². The van der Waals surface area contributed by atoms with E-state index in [0.717, 1.165) is 12.4 Å². The molecule has 0 aromatic heterocycles. The van der Waals surface area contributed by atoms with Crippen LogP contribution in [-0.4, -0.2) is 331 Å². The number of nitrogens with one attached hydrogen (secondary N) is 4. The SMILES string of the molecule is CNC1C(OC2C(OC3C(O)C(O)C(N=C(N)N)C(O)C3N=C(N)N)OC(C)C2(O)C=NNCCNN=CC2(O)C(C)OC(OC3C(O)C(O)C(N=C(N)N)C(O)C3N=C(N)N)C2OC2OC(CO)C(O)C(O)C2NC)OC(CO)C(O)C1O. The van der Waals surface area contributed by atoms with Gasteiger partial charge in [0.25, 0.3) is 0 Å². The highest BCUT2D eigenvalue weighted by molar-refractivity contribution is 5.77. The Labute approximate surface area is 479 Å². The monoisotopic (exact) mass is 1220 g/mol. The van der Waals surface area contributed by atoms with Crippen LogP contribution in [0.15, 0.2) is 30.2 Å². The molecule has 30 unspecified atom stereocenters. The number of aliphatic hydroxyl groups is 14. The molecule has 34 N–H and O–H groups in total. The summed E-state index contributed by atoms with van der Waals surface area (Å²) in [5.74, 6) is -2.31. The van der Waals surface area contributed by atoms with Crippen molar-refractivity contribution in [2.24, 2.45) is 76.0 Å². The van der Waals surface area contributed by atoms with Gasteiger partial charge in [0, 0.05) is 0 Å². The fraction of sp³-hybridized carbons (Fsp3) is 0.864. The molecule has 84 heavy (non-hydrogen) atoms. The molecule has 0 spiro atoms. The topological polar surface area (TPSA) is 688 Å². The van der Waals surface area contributed by atoms with Gasteiger partial charge in [-0.05, 0) is 27.9 Å². The fourth-order valence-electron chi connectivity index (χ4n) is 10.7. The van der Waals surface area contributed by atoms with Crippen LogP contribution < -0.4 is 67.4 Å². The molecule has 0 amide bonds. The number of nitrogens with zero attached hydrogens (tertiary/aromatic N) is 6. The molecule has 4 heterocycles. The Kier molecular flexibility index (Phi) is 23.3. The number of hydrogen-bond donors (Lipinski definition) is 26. The zero-order valence-electron chi connectivity index (χ0n) is 46.0. The molecule has 2 aliphatic carbocycles. The molecule has 40 heteroatoms. The van der Waals surface area contributed by atoms with Gasteiger partial charge in [0.2, 0.25) is 0 Å². The van der Waals surface area contributed by atoms with E-state index in [4.69, 9.17) is 83.8 Å². The fourth-order valence-corrected chi connectivity index (χ4v) is 10.7. The van der Waals surface area contributed by atoms with Gasteiger partial charge in [0.05, 0.1) is 63.0 Å². The van der Waals surface area contributed by atoms with Crippen LogP contribution in [0.25, 0.3) is 0 Å². The lowest BCUT2D eigenvalue weighted by atomic mass is 9.81. The molecule has 0 aromatic carbocycles. The number of likely N-dealkylation sites (N-methyl/N-ethyl adjacent to an activating group) is 2. The first-order valence-corrected chi connectivity index (χ1v) is 26.5. The Hall–Kier alpha value is -4.94. The maximum atomic E-state index is 12.4. The van der Waals surface area contributed by atoms with Crippen molar-refractivity contribution in [2.45, 2.75) is 196 Å². The summed E-state index contributed by atoms with van der Waals surface area (Å²) >= 11 is 0. The van der Waals surface area contributed by atoms with E-state index in [0.29, 0.717) is 0 Å². The molecule has 0 bridgehead atoms. The largest absolute Gasteiger partial charge is 0.394 e. The summed E-state index contributed by atoms with van der Waals surface area (Å²) < 4.78 is 48.6. The molecule has 6 rings (SSSR count). The summed E-state index contributed by atoms with van der Waals surface area (Å²) in [6.07, 6.45) is -35.3. The summed E-state index contributed by atoms with van der Waals surface area (Å²) in [6.45, 7) is 0.931. The Bertz CT molecular complexity index is 2160. The first-order valence-electron chi connectivity index (χ1n) is 26.5. The molecular weight excluding hydrogens is 1130 g/mol. The molecule has 6 aliphatic rings. The third kappa shape index (κ3) is 14.4. The van der Waals surface area contributed by atoms with E-state index < -0.39 is 220 Å². The number of hydrazone groups is 2. The van der Waals surface area contributed by atoms with Gasteiger partial charge < -0.3 is 177 Å². The summed E-state index contributed by atoms with van der Waals surface area (Å²) in [7, 11) is 2.79. The van der Waals surface area contributed by atoms with Gasteiger partial charge in [0.15, 0.2) is 60.2 Å². The van der Waals surface area contributed by atoms with E-state index >= 15 is 0 Å². The molecule has 2 saturated carbocycles. The van der Waals surface area contributed by atoms with Crippen molar-refractivity contribution in [1.29, 1.82) is 0 Å². The van der Waals surface area contributed by atoms with E-state index in [9.17, 15) is 71.5 Å². The van der Waals surface area contributed by atoms with Crippen LogP contribution in [0.5, 0.6) is 0 Å².